The largest absolute Gasteiger partial charge is 0.486 e. The second-order valence-corrected chi connectivity index (χ2v) is 11.9. The molecule has 0 aliphatic heterocycles. The van der Waals surface area contributed by atoms with E-state index >= 15 is 0 Å². The monoisotopic (exact) mass is 804 g/mol. The SMILES string of the molecule is Cc1ccc(-c2[c-]cccc2)nc1.[2H]C([2H])([2H])c1ccc2c(n1)oc1c(-c3cc(C([2H])([2H])c4ccc(C([2H])([2H])C(C)(C)C)cc4)c(C([2H])([2H])[2H])cn3)[c-]ccc12.[Ir]. The van der Waals surface area contributed by atoms with Gasteiger partial charge in [-0.25, -0.2) is 4.98 Å². The Hall–Kier alpha value is -4.44. The van der Waals surface area contributed by atoms with E-state index in [1.54, 1.807) is 39.0 Å². The van der Waals surface area contributed by atoms with Gasteiger partial charge < -0.3 is 14.4 Å². The summed E-state index contributed by atoms with van der Waals surface area (Å²) in [5.74, 6) is 0. The van der Waals surface area contributed by atoms with Gasteiger partial charge in [0.05, 0.1) is 5.58 Å². The second kappa shape index (κ2) is 14.5. The molecule has 0 N–H and O–H groups in total. The summed E-state index contributed by atoms with van der Waals surface area (Å²) in [4.78, 5) is 12.8. The van der Waals surface area contributed by atoms with E-state index in [2.05, 4.69) is 33.2 Å². The number of aryl methyl sites for hydroxylation is 3. The van der Waals surface area contributed by atoms with Gasteiger partial charge in [-0.3, -0.25) is 0 Å². The van der Waals surface area contributed by atoms with Crippen molar-refractivity contribution in [1.82, 2.24) is 15.0 Å². The summed E-state index contributed by atoms with van der Waals surface area (Å²) in [5.41, 5.74) is 3.43. The Labute approximate surface area is 305 Å². The molecule has 47 heavy (non-hydrogen) atoms. The maximum Gasteiger partial charge on any atom is 0.216 e. The molecule has 0 saturated carbocycles. The van der Waals surface area contributed by atoms with Crippen molar-refractivity contribution in [3.05, 3.63) is 149 Å². The Morgan fingerprint density at radius 2 is 1.62 bits per heavy atom. The van der Waals surface area contributed by atoms with Gasteiger partial charge in [0.2, 0.25) is 5.71 Å². The molecule has 0 unspecified atom stereocenters. The molecule has 4 heterocycles. The van der Waals surface area contributed by atoms with E-state index in [4.69, 9.17) is 18.1 Å². The zero-order chi connectivity index (χ0) is 40.8. The molecule has 0 bridgehead atoms. The summed E-state index contributed by atoms with van der Waals surface area (Å²) in [6, 6.07) is 31.9. The zero-order valence-corrected chi connectivity index (χ0v) is 28.8. The summed E-state index contributed by atoms with van der Waals surface area (Å²) < 4.78 is 88.5. The van der Waals surface area contributed by atoms with Crippen LogP contribution >= 0.6 is 0 Å². The molecular formula is C42H39IrN3O-2. The predicted octanol–water partition coefficient (Wildman–Crippen LogP) is 10.5. The van der Waals surface area contributed by atoms with Crippen LogP contribution in [0.2, 0.25) is 0 Å². The van der Waals surface area contributed by atoms with Crippen molar-refractivity contribution in [3.63, 3.8) is 0 Å². The Morgan fingerprint density at radius 1 is 0.809 bits per heavy atom. The first-order valence-corrected chi connectivity index (χ1v) is 14.9. The molecule has 0 spiro atoms. The number of aromatic nitrogens is 3. The fourth-order valence-corrected chi connectivity index (χ4v) is 4.91. The van der Waals surface area contributed by atoms with Crippen LogP contribution in [0.1, 0.15) is 68.0 Å². The molecule has 4 aromatic heterocycles. The Balaban J connectivity index is 0.000000374. The van der Waals surface area contributed by atoms with E-state index in [-0.39, 0.29) is 53.9 Å². The summed E-state index contributed by atoms with van der Waals surface area (Å²) in [5, 5.41) is 1.19. The maximum absolute atomic E-state index is 9.07. The summed E-state index contributed by atoms with van der Waals surface area (Å²) >= 11 is 0. The molecule has 0 amide bonds. The van der Waals surface area contributed by atoms with Crippen LogP contribution in [0.5, 0.6) is 0 Å². The van der Waals surface area contributed by atoms with E-state index < -0.39 is 31.9 Å². The predicted molar refractivity (Wildman–Crippen MR) is 189 cm³/mol. The molecule has 5 heteroatoms. The molecule has 3 aromatic carbocycles. The number of benzene rings is 3. The standard InChI is InChI=1S/C30H29N2O.C12H10N.Ir/c1-19-18-31-27(16-23(19)15-21-10-12-22(13-11-21)17-30(3,4)5)26-8-6-7-24-25-14-9-20(2)32-29(25)33-28(24)26;1-10-7-8-12(13-9-10)11-5-3-2-4-6-11;/h6-7,9-14,16,18H,15,17H2,1-5H3;2-5,7-9H,1H3;/q2*-1;/i1D3,2D3,15D2,17D2;;. The van der Waals surface area contributed by atoms with Crippen molar-refractivity contribution >= 4 is 22.1 Å². The van der Waals surface area contributed by atoms with Gasteiger partial charge in [-0.1, -0.05) is 74.2 Å². The first-order valence-electron chi connectivity index (χ1n) is 19.9. The minimum absolute atomic E-state index is 0. The van der Waals surface area contributed by atoms with E-state index in [1.807, 2.05) is 43.5 Å². The first kappa shape index (κ1) is 23.0. The van der Waals surface area contributed by atoms with Gasteiger partial charge in [-0.2, -0.15) is 0 Å². The van der Waals surface area contributed by atoms with E-state index in [1.165, 1.54) is 42.0 Å². The van der Waals surface area contributed by atoms with Gasteiger partial charge in [0, 0.05) is 57.3 Å². The third-order valence-electron chi connectivity index (χ3n) is 7.04. The molecule has 1 radical (unpaired) electrons. The van der Waals surface area contributed by atoms with E-state index in [0.29, 0.717) is 27.5 Å². The number of furan rings is 1. The Bertz CT molecular complexity index is 2490. The van der Waals surface area contributed by atoms with Crippen molar-refractivity contribution in [2.75, 3.05) is 0 Å². The number of hydrogen-bond acceptors (Lipinski definition) is 4. The van der Waals surface area contributed by atoms with Crippen LogP contribution in [0.4, 0.5) is 0 Å². The fraction of sp³-hybridized carbons (Fsp3) is 0.214. The molecular weight excluding hydrogens is 755 g/mol. The Kier molecular flexibility index (Phi) is 7.11. The third-order valence-corrected chi connectivity index (χ3v) is 7.04. The van der Waals surface area contributed by atoms with Gasteiger partial charge in [0.1, 0.15) is 0 Å². The summed E-state index contributed by atoms with van der Waals surface area (Å²) in [6.07, 6.45) is -0.989. The zero-order valence-electron chi connectivity index (χ0n) is 36.4. The van der Waals surface area contributed by atoms with Crippen LogP contribution in [0.3, 0.4) is 0 Å². The average molecular weight is 804 g/mol. The minimum Gasteiger partial charge on any atom is -0.486 e. The van der Waals surface area contributed by atoms with Gasteiger partial charge >= 0.3 is 0 Å². The van der Waals surface area contributed by atoms with E-state index in [9.17, 15) is 0 Å². The van der Waals surface area contributed by atoms with Crippen LogP contribution in [-0.2, 0) is 32.9 Å². The molecule has 0 aliphatic carbocycles. The quantitative estimate of drug-likeness (QED) is 0.163. The topological polar surface area (TPSA) is 51.8 Å². The van der Waals surface area contributed by atoms with Crippen LogP contribution in [0, 0.1) is 38.2 Å². The molecule has 0 saturated heterocycles. The van der Waals surface area contributed by atoms with E-state index in [0.717, 1.165) is 17.5 Å². The Morgan fingerprint density at radius 3 is 2.32 bits per heavy atom. The van der Waals surface area contributed by atoms with Gasteiger partial charge in [-0.05, 0) is 90.1 Å². The van der Waals surface area contributed by atoms with Crippen LogP contribution in [-0.4, -0.2) is 15.0 Å². The number of rotatable bonds is 5. The molecule has 7 aromatic rings. The fourth-order valence-electron chi connectivity index (χ4n) is 4.91. The van der Waals surface area contributed by atoms with Crippen molar-refractivity contribution < 1.29 is 38.2 Å². The van der Waals surface area contributed by atoms with Gasteiger partial charge in [0.15, 0.2) is 0 Å². The number of pyridine rings is 3. The summed E-state index contributed by atoms with van der Waals surface area (Å²) in [6.45, 7) is 2.27. The van der Waals surface area contributed by atoms with Gasteiger partial charge in [-0.15, -0.1) is 54.1 Å². The minimum atomic E-state index is -2.68. The smallest absolute Gasteiger partial charge is 0.216 e. The number of nitrogens with zero attached hydrogens (tertiary/aromatic N) is 3. The molecule has 0 aliphatic rings. The molecule has 0 atom stereocenters. The molecule has 0 fully saturated rings. The van der Waals surface area contributed by atoms with Crippen molar-refractivity contribution in [1.29, 1.82) is 0 Å². The second-order valence-electron chi connectivity index (χ2n) is 11.9. The molecule has 239 valence electrons. The van der Waals surface area contributed by atoms with Crippen LogP contribution in [0.15, 0.2) is 108 Å². The number of hydrogen-bond donors (Lipinski definition) is 0. The average Bonchev–Trinajstić information content (AvgIpc) is 3.53. The third kappa shape index (κ3) is 8.29. The number of fused-ring (bicyclic) bond motifs is 3. The molecule has 7 rings (SSSR count). The van der Waals surface area contributed by atoms with Crippen molar-refractivity contribution in [3.8, 4) is 22.5 Å². The molecule has 4 nitrogen and oxygen atoms in total. The van der Waals surface area contributed by atoms with Crippen molar-refractivity contribution in [2.45, 2.75) is 54.1 Å². The van der Waals surface area contributed by atoms with Gasteiger partial charge in [0.25, 0.3) is 0 Å². The maximum atomic E-state index is 9.07. The summed E-state index contributed by atoms with van der Waals surface area (Å²) in [7, 11) is 0. The normalized spacial score (nSPS) is 15.5. The first-order chi connectivity index (χ1) is 26.1. The van der Waals surface area contributed by atoms with Crippen LogP contribution < -0.4 is 0 Å². The van der Waals surface area contributed by atoms with Crippen molar-refractivity contribution in [2.24, 2.45) is 5.41 Å². The van der Waals surface area contributed by atoms with Crippen LogP contribution in [0.25, 0.3) is 44.6 Å².